The van der Waals surface area contributed by atoms with E-state index in [1.165, 1.54) is 6.42 Å². The fraction of sp³-hybridized carbons (Fsp3) is 0.611. The Bertz CT molecular complexity index is 522. The van der Waals surface area contributed by atoms with Gasteiger partial charge in [-0.3, -0.25) is 9.69 Å². The molecule has 4 nitrogen and oxygen atoms in total. The third-order valence-electron chi connectivity index (χ3n) is 4.56. The highest BCUT2D eigenvalue weighted by atomic mass is 32.2. The van der Waals surface area contributed by atoms with Gasteiger partial charge in [-0.15, -0.1) is 11.8 Å². The molecule has 0 bridgehead atoms. The van der Waals surface area contributed by atoms with Crippen molar-refractivity contribution in [2.24, 2.45) is 0 Å². The van der Waals surface area contributed by atoms with Crippen LogP contribution in [0.3, 0.4) is 0 Å². The number of hydrogen-bond donors (Lipinski definition) is 2. The predicted octanol–water partition coefficient (Wildman–Crippen LogP) is 2.68. The second kappa shape index (κ2) is 9.30. The first-order valence-electron chi connectivity index (χ1n) is 8.43. The normalized spacial score (nSPS) is 18.3. The molecule has 1 amide bonds. The zero-order valence-electron chi connectivity index (χ0n) is 14.2. The second-order valence-electron chi connectivity index (χ2n) is 6.16. The van der Waals surface area contributed by atoms with Gasteiger partial charge >= 0.3 is 0 Å². The summed E-state index contributed by atoms with van der Waals surface area (Å²) in [5.74, 6) is 0.0211. The van der Waals surface area contributed by atoms with Crippen LogP contribution in [0.4, 0.5) is 0 Å². The summed E-state index contributed by atoms with van der Waals surface area (Å²) in [4.78, 5) is 15.8. The minimum Gasteiger partial charge on any atom is -0.395 e. The highest BCUT2D eigenvalue weighted by molar-refractivity contribution is 7.98. The number of aliphatic hydroxyl groups is 1. The topological polar surface area (TPSA) is 52.6 Å². The van der Waals surface area contributed by atoms with Crippen molar-refractivity contribution in [1.82, 2.24) is 10.2 Å². The number of benzene rings is 1. The SMILES string of the molecule is CSc1ccc(C)c(C(=O)NCCCCN2CCCC2CO)c1. The quantitative estimate of drug-likeness (QED) is 0.566. The van der Waals surface area contributed by atoms with Gasteiger partial charge in [0.05, 0.1) is 6.61 Å². The zero-order chi connectivity index (χ0) is 16.7. The molecule has 1 fully saturated rings. The molecule has 1 aliphatic heterocycles. The lowest BCUT2D eigenvalue weighted by molar-refractivity contribution is 0.0951. The van der Waals surface area contributed by atoms with Crippen LogP contribution in [0, 0.1) is 6.92 Å². The number of unbranched alkanes of at least 4 members (excludes halogenated alkanes) is 1. The molecule has 2 rings (SSSR count). The van der Waals surface area contributed by atoms with Crippen LogP contribution in [0.15, 0.2) is 23.1 Å². The molecule has 1 aromatic carbocycles. The summed E-state index contributed by atoms with van der Waals surface area (Å²) in [5.41, 5.74) is 1.79. The van der Waals surface area contributed by atoms with Crippen LogP contribution in [-0.2, 0) is 0 Å². The molecule has 5 heteroatoms. The van der Waals surface area contributed by atoms with E-state index < -0.39 is 0 Å². The van der Waals surface area contributed by atoms with Crippen LogP contribution in [0.1, 0.15) is 41.6 Å². The van der Waals surface area contributed by atoms with Crippen LogP contribution in [0.5, 0.6) is 0 Å². The second-order valence-corrected chi connectivity index (χ2v) is 7.04. The molecule has 128 valence electrons. The van der Waals surface area contributed by atoms with Crippen molar-refractivity contribution in [1.29, 1.82) is 0 Å². The number of nitrogens with zero attached hydrogens (tertiary/aromatic N) is 1. The van der Waals surface area contributed by atoms with Crippen molar-refractivity contribution in [2.75, 3.05) is 32.5 Å². The van der Waals surface area contributed by atoms with Crippen molar-refractivity contribution in [3.63, 3.8) is 0 Å². The molecule has 0 aromatic heterocycles. The van der Waals surface area contributed by atoms with Crippen LogP contribution >= 0.6 is 11.8 Å². The maximum absolute atomic E-state index is 12.3. The molecule has 2 N–H and O–H groups in total. The third kappa shape index (κ3) is 5.23. The molecule has 1 aromatic rings. The minimum absolute atomic E-state index is 0.0211. The van der Waals surface area contributed by atoms with E-state index in [9.17, 15) is 9.90 Å². The number of likely N-dealkylation sites (tertiary alicyclic amines) is 1. The van der Waals surface area contributed by atoms with Gasteiger partial charge in [-0.1, -0.05) is 6.07 Å². The van der Waals surface area contributed by atoms with Crippen LogP contribution < -0.4 is 5.32 Å². The van der Waals surface area contributed by atoms with Gasteiger partial charge in [-0.05, 0) is 69.6 Å². The highest BCUT2D eigenvalue weighted by Gasteiger charge is 2.22. The van der Waals surface area contributed by atoms with E-state index in [-0.39, 0.29) is 12.5 Å². The summed E-state index contributed by atoms with van der Waals surface area (Å²) >= 11 is 1.65. The lowest BCUT2D eigenvalue weighted by Gasteiger charge is -2.22. The van der Waals surface area contributed by atoms with Crippen molar-refractivity contribution < 1.29 is 9.90 Å². The van der Waals surface area contributed by atoms with Gasteiger partial charge in [-0.25, -0.2) is 0 Å². The van der Waals surface area contributed by atoms with E-state index in [1.54, 1.807) is 11.8 Å². The lowest BCUT2D eigenvalue weighted by Crippen LogP contribution is -2.33. The summed E-state index contributed by atoms with van der Waals surface area (Å²) in [6.45, 7) is 5.06. The summed E-state index contributed by atoms with van der Waals surface area (Å²) in [6, 6.07) is 6.36. The number of carbonyl (C=O) groups excluding carboxylic acids is 1. The summed E-state index contributed by atoms with van der Waals surface area (Å²) in [7, 11) is 0. The van der Waals surface area contributed by atoms with Crippen molar-refractivity contribution in [3.05, 3.63) is 29.3 Å². The maximum atomic E-state index is 12.3. The fourth-order valence-electron chi connectivity index (χ4n) is 3.11. The molecule has 1 heterocycles. The standard InChI is InChI=1S/C18H28N2O2S/c1-14-7-8-16(23-2)12-17(14)18(22)19-9-3-4-10-20-11-5-6-15(20)13-21/h7-8,12,15,21H,3-6,9-11,13H2,1-2H3,(H,19,22). The molecule has 0 saturated carbocycles. The first-order chi connectivity index (χ1) is 11.2. The number of hydrogen-bond acceptors (Lipinski definition) is 4. The van der Waals surface area contributed by atoms with E-state index in [4.69, 9.17) is 0 Å². The first kappa shape index (κ1) is 18.3. The molecule has 0 radical (unpaired) electrons. The van der Waals surface area contributed by atoms with Gasteiger partial charge < -0.3 is 10.4 Å². The molecular weight excluding hydrogens is 308 g/mol. The highest BCUT2D eigenvalue weighted by Crippen LogP contribution is 2.19. The minimum atomic E-state index is 0.0211. The van der Waals surface area contributed by atoms with Crippen LogP contribution in [-0.4, -0.2) is 54.5 Å². The predicted molar refractivity (Wildman–Crippen MR) is 96.2 cm³/mol. The van der Waals surface area contributed by atoms with Gasteiger partial charge in [-0.2, -0.15) is 0 Å². The van der Waals surface area contributed by atoms with Crippen molar-refractivity contribution in [3.8, 4) is 0 Å². The van der Waals surface area contributed by atoms with Crippen LogP contribution in [0.2, 0.25) is 0 Å². The van der Waals surface area contributed by atoms with Crippen molar-refractivity contribution >= 4 is 17.7 Å². The number of carbonyl (C=O) groups is 1. The summed E-state index contributed by atoms with van der Waals surface area (Å²) in [5, 5.41) is 12.3. The summed E-state index contributed by atoms with van der Waals surface area (Å²) < 4.78 is 0. The Kier molecular flexibility index (Phi) is 7.40. The Hall–Kier alpha value is -1.04. The molecule has 1 aliphatic rings. The molecule has 1 atom stereocenters. The largest absolute Gasteiger partial charge is 0.395 e. The van der Waals surface area contributed by atoms with Gasteiger partial charge in [0.25, 0.3) is 5.91 Å². The number of thioether (sulfide) groups is 1. The molecule has 0 spiro atoms. The van der Waals surface area contributed by atoms with E-state index in [1.807, 2.05) is 31.4 Å². The molecule has 1 saturated heterocycles. The molecule has 0 aliphatic carbocycles. The molecular formula is C18H28N2O2S. The average Bonchev–Trinajstić information content (AvgIpc) is 3.02. The van der Waals surface area contributed by atoms with E-state index in [2.05, 4.69) is 10.2 Å². The Morgan fingerprint density at radius 2 is 2.26 bits per heavy atom. The number of aliphatic hydroxyl groups excluding tert-OH is 1. The molecule has 23 heavy (non-hydrogen) atoms. The van der Waals surface area contributed by atoms with E-state index >= 15 is 0 Å². The Morgan fingerprint density at radius 3 is 3.00 bits per heavy atom. The average molecular weight is 337 g/mol. The number of rotatable bonds is 8. The van der Waals surface area contributed by atoms with Gasteiger partial charge in [0.1, 0.15) is 0 Å². The maximum Gasteiger partial charge on any atom is 0.251 e. The van der Waals surface area contributed by atoms with Crippen molar-refractivity contribution in [2.45, 2.75) is 43.5 Å². The lowest BCUT2D eigenvalue weighted by atomic mass is 10.1. The van der Waals surface area contributed by atoms with Gasteiger partial charge in [0, 0.05) is 23.0 Å². The Balaban J connectivity index is 1.71. The van der Waals surface area contributed by atoms with Gasteiger partial charge in [0.15, 0.2) is 0 Å². The Morgan fingerprint density at radius 1 is 1.43 bits per heavy atom. The first-order valence-corrected chi connectivity index (χ1v) is 9.66. The number of nitrogens with one attached hydrogen (secondary N) is 1. The number of aryl methyl sites for hydroxylation is 1. The third-order valence-corrected chi connectivity index (χ3v) is 5.28. The monoisotopic (exact) mass is 336 g/mol. The van der Waals surface area contributed by atoms with Gasteiger partial charge in [0.2, 0.25) is 0 Å². The smallest absolute Gasteiger partial charge is 0.251 e. The number of amides is 1. The fourth-order valence-corrected chi connectivity index (χ4v) is 3.55. The van der Waals surface area contributed by atoms with E-state index in [0.29, 0.717) is 12.6 Å². The van der Waals surface area contributed by atoms with Crippen LogP contribution in [0.25, 0.3) is 0 Å². The summed E-state index contributed by atoms with van der Waals surface area (Å²) in [6.07, 6.45) is 6.35. The molecule has 1 unspecified atom stereocenters. The van der Waals surface area contributed by atoms with E-state index in [0.717, 1.165) is 48.4 Å². The Labute approximate surface area is 143 Å². The zero-order valence-corrected chi connectivity index (χ0v) is 15.0.